The fraction of sp³-hybridized carbons (Fsp3) is 0.263. The van der Waals surface area contributed by atoms with Gasteiger partial charge in [-0.1, -0.05) is 121 Å². The Balaban J connectivity index is 0.000000147. The normalized spacial score (nSPS) is 32.3. The number of carbonyl (C=O) groups is 4. The first-order valence-electron chi connectivity index (χ1n) is 15.3. The molecule has 4 aliphatic heterocycles. The Morgan fingerprint density at radius 1 is 0.413 bits per heavy atom. The summed E-state index contributed by atoms with van der Waals surface area (Å²) >= 11 is 0. The minimum atomic E-state index is -1.00. The maximum absolute atomic E-state index is 12.6. The van der Waals surface area contributed by atoms with Crippen LogP contribution in [0, 0.1) is 22.7 Å². The van der Waals surface area contributed by atoms with Gasteiger partial charge in [-0.3, -0.25) is 19.2 Å². The molecule has 46 heavy (non-hydrogen) atoms. The lowest BCUT2D eigenvalue weighted by molar-refractivity contribution is -0.159. The van der Waals surface area contributed by atoms with Gasteiger partial charge >= 0.3 is 23.9 Å². The van der Waals surface area contributed by atoms with Gasteiger partial charge in [0.2, 0.25) is 0 Å². The van der Waals surface area contributed by atoms with Crippen LogP contribution in [-0.4, -0.2) is 23.9 Å². The van der Waals surface area contributed by atoms with E-state index in [2.05, 4.69) is 0 Å². The van der Waals surface area contributed by atoms with Gasteiger partial charge in [-0.15, -0.1) is 0 Å². The molecule has 0 aliphatic carbocycles. The molecule has 8 heteroatoms. The average Bonchev–Trinajstić information content (AvgIpc) is 3.73. The van der Waals surface area contributed by atoms with E-state index in [1.54, 1.807) is 13.8 Å². The molecule has 0 radical (unpaired) electrons. The quantitative estimate of drug-likeness (QED) is 0.191. The van der Waals surface area contributed by atoms with Crippen molar-refractivity contribution in [1.82, 2.24) is 0 Å². The highest BCUT2D eigenvalue weighted by Gasteiger charge is 2.69. The number of fused-ring (bicyclic) bond motifs is 2. The smallest absolute Gasteiger partial charge is 0.317 e. The molecular weight excluding hydrogens is 584 g/mol. The highest BCUT2D eigenvalue weighted by molar-refractivity contribution is 5.93. The Morgan fingerprint density at radius 3 is 1.00 bits per heavy atom. The van der Waals surface area contributed by atoms with Gasteiger partial charge in [0, 0.05) is 0 Å². The van der Waals surface area contributed by atoms with Crippen LogP contribution in [0.25, 0.3) is 0 Å². The van der Waals surface area contributed by atoms with Crippen LogP contribution in [0.3, 0.4) is 0 Å². The first kappa shape index (κ1) is 29.5. The molecule has 8 rings (SSSR count). The molecule has 0 saturated carbocycles. The van der Waals surface area contributed by atoms with Gasteiger partial charge in [-0.25, -0.2) is 0 Å². The van der Waals surface area contributed by atoms with Crippen molar-refractivity contribution in [2.24, 2.45) is 22.7 Å². The Hall–Kier alpha value is -5.24. The number of hydrogen-bond donors (Lipinski definition) is 0. The SMILES string of the molecule is C[C@]12C(=O)O[C@@H](c3ccccc3)[C@H]1C(=O)O[C@@H]2c1ccccc1.C[C@]12C(=O)O[C@@H](c3ccccc3)[C@H]1C(=O)O[C@@H]2c1ccccc1. The summed E-state index contributed by atoms with van der Waals surface area (Å²) in [5.41, 5.74) is 1.27. The highest BCUT2D eigenvalue weighted by Crippen LogP contribution is 2.61. The second-order valence-corrected chi connectivity index (χ2v) is 12.4. The van der Waals surface area contributed by atoms with Crippen LogP contribution in [0.4, 0.5) is 0 Å². The topological polar surface area (TPSA) is 105 Å². The van der Waals surface area contributed by atoms with E-state index in [1.165, 1.54) is 0 Å². The van der Waals surface area contributed by atoms with Crippen LogP contribution in [0.2, 0.25) is 0 Å². The Labute approximate surface area is 266 Å². The molecule has 0 amide bonds. The number of ether oxygens (including phenoxy) is 4. The number of rotatable bonds is 4. The van der Waals surface area contributed by atoms with Gasteiger partial charge in [0.15, 0.2) is 0 Å². The molecule has 0 aromatic heterocycles. The van der Waals surface area contributed by atoms with Crippen molar-refractivity contribution < 1.29 is 38.1 Å². The van der Waals surface area contributed by atoms with Gasteiger partial charge in [0.05, 0.1) is 0 Å². The maximum atomic E-state index is 12.6. The lowest BCUT2D eigenvalue weighted by Crippen LogP contribution is -2.32. The number of carbonyl (C=O) groups excluding carboxylic acids is 4. The van der Waals surface area contributed by atoms with Crippen molar-refractivity contribution in [1.29, 1.82) is 0 Å². The molecule has 4 aliphatic rings. The van der Waals surface area contributed by atoms with Crippen LogP contribution >= 0.6 is 0 Å². The first-order valence-corrected chi connectivity index (χ1v) is 15.3. The third-order valence-electron chi connectivity index (χ3n) is 9.77. The lowest BCUT2D eigenvalue weighted by atomic mass is 9.72. The van der Waals surface area contributed by atoms with Gasteiger partial charge in [-0.05, 0) is 36.1 Å². The van der Waals surface area contributed by atoms with E-state index in [0.29, 0.717) is 0 Å². The molecule has 0 unspecified atom stereocenters. The predicted octanol–water partition coefficient (Wildman–Crippen LogP) is 6.41. The summed E-state index contributed by atoms with van der Waals surface area (Å²) in [6.07, 6.45) is -2.39. The number of benzene rings is 4. The number of esters is 4. The third kappa shape index (κ3) is 4.50. The van der Waals surface area contributed by atoms with E-state index in [0.717, 1.165) is 22.3 Å². The third-order valence-corrected chi connectivity index (χ3v) is 9.77. The van der Waals surface area contributed by atoms with E-state index in [-0.39, 0.29) is 23.9 Å². The van der Waals surface area contributed by atoms with Gasteiger partial charge in [-0.2, -0.15) is 0 Å². The zero-order valence-corrected chi connectivity index (χ0v) is 25.3. The van der Waals surface area contributed by atoms with E-state index in [1.807, 2.05) is 121 Å². The Kier molecular flexibility index (Phi) is 7.23. The highest BCUT2D eigenvalue weighted by atomic mass is 16.6. The number of hydrogen-bond acceptors (Lipinski definition) is 8. The molecule has 8 atom stereocenters. The molecule has 232 valence electrons. The molecular formula is C38H32O8. The van der Waals surface area contributed by atoms with Crippen molar-refractivity contribution in [3.63, 3.8) is 0 Å². The molecule has 4 heterocycles. The Morgan fingerprint density at radius 2 is 0.696 bits per heavy atom. The Bertz CT molecular complexity index is 1640. The maximum Gasteiger partial charge on any atom is 0.317 e. The predicted molar refractivity (Wildman–Crippen MR) is 164 cm³/mol. The minimum Gasteiger partial charge on any atom is -0.456 e. The monoisotopic (exact) mass is 616 g/mol. The summed E-state index contributed by atoms with van der Waals surface area (Å²) in [7, 11) is 0. The zero-order chi connectivity index (χ0) is 32.1. The lowest BCUT2D eigenvalue weighted by Gasteiger charge is -2.23. The van der Waals surface area contributed by atoms with E-state index in [4.69, 9.17) is 18.9 Å². The van der Waals surface area contributed by atoms with Crippen molar-refractivity contribution in [2.75, 3.05) is 0 Å². The van der Waals surface area contributed by atoms with E-state index >= 15 is 0 Å². The first-order chi connectivity index (χ1) is 22.2. The summed E-state index contributed by atoms with van der Waals surface area (Å²) in [5.74, 6) is -2.75. The second-order valence-electron chi connectivity index (χ2n) is 12.4. The summed E-state index contributed by atoms with van der Waals surface area (Å²) in [6.45, 7) is 3.54. The van der Waals surface area contributed by atoms with E-state index < -0.39 is 47.1 Å². The van der Waals surface area contributed by atoms with Crippen molar-refractivity contribution >= 4 is 23.9 Å². The molecule has 0 N–H and O–H groups in total. The fourth-order valence-electron chi connectivity index (χ4n) is 7.29. The zero-order valence-electron chi connectivity index (χ0n) is 25.3. The van der Waals surface area contributed by atoms with Crippen molar-refractivity contribution in [3.05, 3.63) is 144 Å². The standard InChI is InChI=1S/2C19H16O4/c2*1-19-14(15(22-18(19)21)12-8-4-2-5-9-12)17(20)23-16(19)13-10-6-3-7-11-13/h2*2-11,14-16H,1H3/t2*14-,15-,16+,19-/m00/s1. The number of cyclic esters (lactones) is 4. The molecule has 4 fully saturated rings. The van der Waals surface area contributed by atoms with Crippen molar-refractivity contribution in [3.8, 4) is 0 Å². The van der Waals surface area contributed by atoms with E-state index in [9.17, 15) is 19.2 Å². The molecule has 0 spiro atoms. The van der Waals surface area contributed by atoms with Gasteiger partial charge in [0.1, 0.15) is 47.1 Å². The van der Waals surface area contributed by atoms with Gasteiger partial charge in [0.25, 0.3) is 0 Å². The summed E-state index contributed by atoms with van der Waals surface area (Å²) < 4.78 is 22.4. The van der Waals surface area contributed by atoms with Crippen LogP contribution in [0.5, 0.6) is 0 Å². The second kappa shape index (κ2) is 11.3. The average molecular weight is 617 g/mol. The van der Waals surface area contributed by atoms with Crippen LogP contribution in [-0.2, 0) is 38.1 Å². The fourth-order valence-corrected chi connectivity index (χ4v) is 7.29. The molecule has 4 aromatic carbocycles. The summed E-state index contributed by atoms with van der Waals surface area (Å²) in [4.78, 5) is 50.3. The molecule has 4 saturated heterocycles. The molecule has 8 nitrogen and oxygen atoms in total. The summed E-state index contributed by atoms with van der Waals surface area (Å²) in [5, 5.41) is 0. The van der Waals surface area contributed by atoms with Crippen LogP contribution < -0.4 is 0 Å². The minimum absolute atomic E-state index is 0.374. The molecule has 0 bridgehead atoms. The molecule has 4 aromatic rings. The van der Waals surface area contributed by atoms with Crippen molar-refractivity contribution in [2.45, 2.75) is 38.3 Å². The van der Waals surface area contributed by atoms with Gasteiger partial charge < -0.3 is 18.9 Å². The summed E-state index contributed by atoms with van der Waals surface area (Å²) in [6, 6.07) is 37.5. The largest absolute Gasteiger partial charge is 0.456 e. The van der Waals surface area contributed by atoms with Crippen LogP contribution in [0.1, 0.15) is 60.5 Å². The van der Waals surface area contributed by atoms with Crippen LogP contribution in [0.15, 0.2) is 121 Å².